The molecule has 0 aromatic carbocycles. The summed E-state index contributed by atoms with van der Waals surface area (Å²) >= 11 is 0. The third kappa shape index (κ3) is 3.98. The molecule has 0 bridgehead atoms. The topological polar surface area (TPSA) is 54.2 Å². The van der Waals surface area contributed by atoms with Gasteiger partial charge < -0.3 is 10.6 Å². The fourth-order valence-corrected chi connectivity index (χ4v) is 2.54. The van der Waals surface area contributed by atoms with Gasteiger partial charge in [-0.25, -0.2) is 0 Å². The largest absolute Gasteiger partial charge is 0.354 e. The van der Waals surface area contributed by atoms with E-state index in [4.69, 9.17) is 0 Å². The Morgan fingerprint density at radius 3 is 2.74 bits per heavy atom. The van der Waals surface area contributed by atoms with Crippen LogP contribution in [0, 0.1) is 5.92 Å². The van der Waals surface area contributed by atoms with Crippen LogP contribution in [-0.4, -0.2) is 28.8 Å². The first-order valence-electron chi connectivity index (χ1n) is 7.13. The summed E-state index contributed by atoms with van der Waals surface area (Å²) in [6.07, 6.45) is 6.93. The lowest BCUT2D eigenvalue weighted by atomic mass is 9.87. The molecular formula is C14H25N5. The van der Waals surface area contributed by atoms with Crippen molar-refractivity contribution in [1.82, 2.24) is 20.4 Å². The zero-order valence-electron chi connectivity index (χ0n) is 12.2. The predicted molar refractivity (Wildman–Crippen MR) is 78.0 cm³/mol. The molecule has 1 heterocycles. The summed E-state index contributed by atoms with van der Waals surface area (Å²) in [6.45, 7) is 3.09. The molecule has 1 aliphatic carbocycles. The molecular weight excluding hydrogens is 238 g/mol. The minimum absolute atomic E-state index is 0.564. The van der Waals surface area contributed by atoms with Gasteiger partial charge in [-0.15, -0.1) is 0 Å². The third-order valence-corrected chi connectivity index (χ3v) is 3.94. The predicted octanol–water partition coefficient (Wildman–Crippen LogP) is 1.66. The Morgan fingerprint density at radius 1 is 1.42 bits per heavy atom. The van der Waals surface area contributed by atoms with Crippen LogP contribution < -0.4 is 10.6 Å². The van der Waals surface area contributed by atoms with Gasteiger partial charge in [0.05, 0.1) is 12.2 Å². The lowest BCUT2D eigenvalue weighted by molar-refractivity contribution is 0.329. The van der Waals surface area contributed by atoms with Crippen LogP contribution in [0.3, 0.4) is 0 Å². The van der Waals surface area contributed by atoms with Gasteiger partial charge in [0.15, 0.2) is 5.96 Å². The first kappa shape index (κ1) is 13.9. The summed E-state index contributed by atoms with van der Waals surface area (Å²) in [5.74, 6) is 1.77. The maximum atomic E-state index is 4.30. The molecule has 0 unspecified atom stereocenters. The maximum absolute atomic E-state index is 4.30. The maximum Gasteiger partial charge on any atom is 0.191 e. The highest BCUT2D eigenvalue weighted by Crippen LogP contribution is 2.23. The van der Waals surface area contributed by atoms with Gasteiger partial charge in [-0.1, -0.05) is 6.92 Å². The van der Waals surface area contributed by atoms with Crippen molar-refractivity contribution in [3.05, 3.63) is 18.0 Å². The number of aliphatic imine (C=N–C) groups is 1. The van der Waals surface area contributed by atoms with Crippen LogP contribution in [0.1, 0.15) is 38.3 Å². The average molecular weight is 263 g/mol. The van der Waals surface area contributed by atoms with E-state index in [1.807, 2.05) is 31.0 Å². The van der Waals surface area contributed by atoms with Crippen LogP contribution in [0.4, 0.5) is 0 Å². The number of aromatic nitrogens is 2. The fourth-order valence-electron chi connectivity index (χ4n) is 2.54. The number of nitrogens with one attached hydrogen (secondary N) is 2. The van der Waals surface area contributed by atoms with Gasteiger partial charge in [0.25, 0.3) is 0 Å². The zero-order valence-corrected chi connectivity index (χ0v) is 12.2. The van der Waals surface area contributed by atoms with E-state index in [2.05, 4.69) is 27.6 Å². The second kappa shape index (κ2) is 6.59. The highest BCUT2D eigenvalue weighted by Gasteiger charge is 2.18. The second-order valence-corrected chi connectivity index (χ2v) is 5.47. The summed E-state index contributed by atoms with van der Waals surface area (Å²) in [5, 5.41) is 11.0. The third-order valence-electron chi connectivity index (χ3n) is 3.94. The van der Waals surface area contributed by atoms with E-state index in [9.17, 15) is 0 Å². The van der Waals surface area contributed by atoms with Crippen LogP contribution in [0.15, 0.2) is 17.3 Å². The molecule has 106 valence electrons. The van der Waals surface area contributed by atoms with Crippen molar-refractivity contribution in [2.45, 2.75) is 45.2 Å². The van der Waals surface area contributed by atoms with Crippen molar-refractivity contribution in [2.75, 3.05) is 7.05 Å². The van der Waals surface area contributed by atoms with Crippen molar-refractivity contribution >= 4 is 5.96 Å². The number of hydrogen-bond acceptors (Lipinski definition) is 2. The van der Waals surface area contributed by atoms with E-state index in [0.717, 1.165) is 24.1 Å². The lowest BCUT2D eigenvalue weighted by Gasteiger charge is -2.28. The van der Waals surface area contributed by atoms with Gasteiger partial charge >= 0.3 is 0 Å². The standard InChI is InChI=1S/C14H25N5/c1-11-4-6-12(7-5-11)18-14(15-2)16-10-13-8-9-17-19(13)3/h8-9,11-12H,4-7,10H2,1-3H3,(H2,15,16,18). The molecule has 2 rings (SSSR count). The fraction of sp³-hybridized carbons (Fsp3) is 0.714. The molecule has 5 heteroatoms. The van der Waals surface area contributed by atoms with Gasteiger partial charge in [-0.2, -0.15) is 5.10 Å². The van der Waals surface area contributed by atoms with E-state index in [-0.39, 0.29) is 0 Å². The number of hydrogen-bond donors (Lipinski definition) is 2. The zero-order chi connectivity index (χ0) is 13.7. The summed E-state index contributed by atoms with van der Waals surface area (Å²) in [6, 6.07) is 2.58. The minimum Gasteiger partial charge on any atom is -0.354 e. The summed E-state index contributed by atoms with van der Waals surface area (Å²) in [7, 11) is 3.78. The van der Waals surface area contributed by atoms with Crippen molar-refractivity contribution in [3.63, 3.8) is 0 Å². The van der Waals surface area contributed by atoms with E-state index in [0.29, 0.717) is 6.04 Å². The molecule has 19 heavy (non-hydrogen) atoms. The number of rotatable bonds is 3. The smallest absolute Gasteiger partial charge is 0.191 e. The number of aryl methyl sites for hydroxylation is 1. The Kier molecular flexibility index (Phi) is 4.82. The molecule has 2 N–H and O–H groups in total. The normalized spacial score (nSPS) is 24.3. The van der Waals surface area contributed by atoms with Gasteiger partial charge in [0.2, 0.25) is 0 Å². The molecule has 1 aromatic heterocycles. The molecule has 0 radical (unpaired) electrons. The van der Waals surface area contributed by atoms with E-state index in [1.54, 1.807) is 0 Å². The molecule has 0 aliphatic heterocycles. The summed E-state index contributed by atoms with van der Waals surface area (Å²) in [5.41, 5.74) is 1.15. The van der Waals surface area contributed by atoms with Crippen LogP contribution in [0.25, 0.3) is 0 Å². The molecule has 1 fully saturated rings. The summed E-state index contributed by atoms with van der Waals surface area (Å²) in [4.78, 5) is 4.30. The van der Waals surface area contributed by atoms with E-state index < -0.39 is 0 Å². The molecule has 5 nitrogen and oxygen atoms in total. The molecule has 0 amide bonds. The van der Waals surface area contributed by atoms with Gasteiger partial charge in [0, 0.05) is 26.3 Å². The Labute approximate surface area is 115 Å². The van der Waals surface area contributed by atoms with Crippen molar-refractivity contribution in [2.24, 2.45) is 18.0 Å². The number of guanidine groups is 1. The quantitative estimate of drug-likeness (QED) is 0.644. The molecule has 0 spiro atoms. The minimum atomic E-state index is 0.564. The Morgan fingerprint density at radius 2 is 2.16 bits per heavy atom. The van der Waals surface area contributed by atoms with E-state index in [1.165, 1.54) is 25.7 Å². The first-order chi connectivity index (χ1) is 9.19. The second-order valence-electron chi connectivity index (χ2n) is 5.47. The highest BCUT2D eigenvalue weighted by atomic mass is 15.3. The van der Waals surface area contributed by atoms with Gasteiger partial charge in [0.1, 0.15) is 0 Å². The SMILES string of the molecule is CN=C(NCc1ccnn1C)NC1CCC(C)CC1. The van der Waals surface area contributed by atoms with Crippen LogP contribution >= 0.6 is 0 Å². The monoisotopic (exact) mass is 263 g/mol. The molecule has 0 saturated heterocycles. The van der Waals surface area contributed by atoms with E-state index >= 15 is 0 Å². The summed E-state index contributed by atoms with van der Waals surface area (Å²) < 4.78 is 1.88. The van der Waals surface area contributed by atoms with Crippen LogP contribution in [-0.2, 0) is 13.6 Å². The molecule has 0 atom stereocenters. The Bertz CT molecular complexity index is 415. The first-order valence-corrected chi connectivity index (χ1v) is 7.13. The van der Waals surface area contributed by atoms with Crippen LogP contribution in [0.2, 0.25) is 0 Å². The molecule has 1 aliphatic rings. The lowest BCUT2D eigenvalue weighted by Crippen LogP contribution is -2.44. The number of nitrogens with zero attached hydrogens (tertiary/aromatic N) is 3. The van der Waals surface area contributed by atoms with Crippen molar-refractivity contribution in [1.29, 1.82) is 0 Å². The Hall–Kier alpha value is -1.52. The van der Waals surface area contributed by atoms with Gasteiger partial charge in [-0.3, -0.25) is 9.67 Å². The van der Waals surface area contributed by atoms with Crippen molar-refractivity contribution < 1.29 is 0 Å². The average Bonchev–Trinajstić information content (AvgIpc) is 2.82. The van der Waals surface area contributed by atoms with Crippen molar-refractivity contribution in [3.8, 4) is 0 Å². The van der Waals surface area contributed by atoms with Gasteiger partial charge in [-0.05, 0) is 37.7 Å². The van der Waals surface area contributed by atoms with Crippen LogP contribution in [0.5, 0.6) is 0 Å². The molecule has 1 saturated carbocycles. The highest BCUT2D eigenvalue weighted by molar-refractivity contribution is 5.79. The molecule has 1 aromatic rings. The Balaban J connectivity index is 1.79.